The van der Waals surface area contributed by atoms with Crippen molar-refractivity contribution in [2.45, 2.75) is 30.7 Å². The summed E-state index contributed by atoms with van der Waals surface area (Å²) in [4.78, 5) is 42.7. The lowest BCUT2D eigenvalue weighted by Gasteiger charge is -2.28. The number of rotatable bonds is 10. The molecule has 3 aromatic carbocycles. The van der Waals surface area contributed by atoms with Crippen LogP contribution in [0.4, 0.5) is 5.69 Å². The molecule has 1 aliphatic rings. The highest BCUT2D eigenvalue weighted by atomic mass is 32.2. The maximum absolute atomic E-state index is 13.7. The summed E-state index contributed by atoms with van der Waals surface area (Å²) in [7, 11) is -2.36. The molecule has 0 aromatic heterocycles. The van der Waals surface area contributed by atoms with E-state index in [9.17, 15) is 22.8 Å². The number of methoxy groups -OCH3 is 1. The normalized spacial score (nSPS) is 15.4. The Morgan fingerprint density at radius 3 is 2.33 bits per heavy atom. The third-order valence-corrected chi connectivity index (χ3v) is 7.31. The number of carbonyl (C=O) groups excluding carboxylic acids is 3. The number of nitrogens with two attached hydrogens (primary N) is 1. The summed E-state index contributed by atoms with van der Waals surface area (Å²) < 4.78 is 33.9. The quantitative estimate of drug-likeness (QED) is 0.383. The Hall–Kier alpha value is -4.22. The second-order valence-electron chi connectivity index (χ2n) is 8.88. The van der Waals surface area contributed by atoms with E-state index < -0.39 is 33.8 Å². The lowest BCUT2D eigenvalue weighted by Crippen LogP contribution is -2.46. The molecule has 2 N–H and O–H groups in total. The van der Waals surface area contributed by atoms with E-state index >= 15 is 0 Å². The minimum Gasteiger partial charge on any atom is -0.497 e. The zero-order valence-electron chi connectivity index (χ0n) is 21.6. The number of benzene rings is 3. The number of carbonyl (C=O) groups is 3. The van der Waals surface area contributed by atoms with Crippen LogP contribution in [0.2, 0.25) is 0 Å². The van der Waals surface area contributed by atoms with Gasteiger partial charge in [0.05, 0.1) is 30.7 Å². The van der Waals surface area contributed by atoms with Crippen molar-refractivity contribution in [1.29, 1.82) is 0 Å². The van der Waals surface area contributed by atoms with Gasteiger partial charge in [0.2, 0.25) is 15.9 Å². The first-order chi connectivity index (χ1) is 18.6. The molecular weight excluding hydrogens is 522 g/mol. The number of ether oxygens (including phenoxy) is 2. The van der Waals surface area contributed by atoms with Crippen LogP contribution in [0.3, 0.4) is 0 Å². The summed E-state index contributed by atoms with van der Waals surface area (Å²) in [5.74, 6) is -0.278. The van der Waals surface area contributed by atoms with Crippen LogP contribution < -0.4 is 19.5 Å². The molecule has 1 aliphatic heterocycles. The topological polar surface area (TPSA) is 136 Å². The molecule has 0 aliphatic carbocycles. The van der Waals surface area contributed by atoms with Crippen LogP contribution in [-0.2, 0) is 26.0 Å². The largest absolute Gasteiger partial charge is 0.497 e. The van der Waals surface area contributed by atoms with Gasteiger partial charge in [0.25, 0.3) is 11.8 Å². The van der Waals surface area contributed by atoms with Crippen molar-refractivity contribution in [3.8, 4) is 11.5 Å². The summed E-state index contributed by atoms with van der Waals surface area (Å²) >= 11 is 0. The van der Waals surface area contributed by atoms with Crippen LogP contribution in [0.5, 0.6) is 11.5 Å². The maximum atomic E-state index is 13.7. The highest BCUT2D eigenvalue weighted by Gasteiger charge is 2.44. The highest BCUT2D eigenvalue weighted by Crippen LogP contribution is 2.29. The van der Waals surface area contributed by atoms with E-state index in [1.807, 2.05) is 6.92 Å². The summed E-state index contributed by atoms with van der Waals surface area (Å²) in [5.41, 5.74) is 1.42. The van der Waals surface area contributed by atoms with Gasteiger partial charge in [0.1, 0.15) is 17.5 Å². The van der Waals surface area contributed by atoms with Crippen molar-refractivity contribution in [2.24, 2.45) is 5.14 Å². The number of imide groups is 1. The standard InChI is InChI=1S/C28H29N3O7S/c1-3-38-22-11-9-21(10-12-22)31-26(32)18-25(28(31)34)30(27(33)20-5-4-6-23(17-20)37-2)16-15-19-7-13-24(14-8-19)39(29,35)36/h4-14,17,25H,3,15-16,18H2,1-2H3,(H2,29,35,36). The monoisotopic (exact) mass is 551 g/mol. The van der Waals surface area contributed by atoms with Gasteiger partial charge in [0.15, 0.2) is 0 Å². The smallest absolute Gasteiger partial charge is 0.257 e. The van der Waals surface area contributed by atoms with Gasteiger partial charge < -0.3 is 14.4 Å². The number of hydrogen-bond acceptors (Lipinski definition) is 7. The van der Waals surface area contributed by atoms with Gasteiger partial charge in [0, 0.05) is 12.1 Å². The molecule has 0 spiro atoms. The van der Waals surface area contributed by atoms with Gasteiger partial charge in [-0.1, -0.05) is 18.2 Å². The molecule has 11 heteroatoms. The summed E-state index contributed by atoms with van der Waals surface area (Å²) in [5, 5.41) is 5.18. The average molecular weight is 552 g/mol. The Kier molecular flexibility index (Phi) is 8.32. The average Bonchev–Trinajstić information content (AvgIpc) is 3.22. The van der Waals surface area contributed by atoms with E-state index in [0.717, 1.165) is 10.5 Å². The van der Waals surface area contributed by atoms with Crippen LogP contribution >= 0.6 is 0 Å². The molecule has 1 saturated heterocycles. The molecule has 204 valence electrons. The maximum Gasteiger partial charge on any atom is 0.257 e. The number of sulfonamides is 1. The molecule has 0 saturated carbocycles. The molecule has 39 heavy (non-hydrogen) atoms. The second-order valence-corrected chi connectivity index (χ2v) is 10.4. The Morgan fingerprint density at radius 2 is 1.72 bits per heavy atom. The molecule has 1 fully saturated rings. The molecule has 4 rings (SSSR count). The molecule has 3 aromatic rings. The van der Waals surface area contributed by atoms with Gasteiger partial charge in [-0.2, -0.15) is 0 Å². The Bertz CT molecular complexity index is 1470. The van der Waals surface area contributed by atoms with Crippen molar-refractivity contribution >= 4 is 33.4 Å². The van der Waals surface area contributed by atoms with Gasteiger partial charge in [-0.3, -0.25) is 14.4 Å². The number of primary sulfonamides is 1. The summed E-state index contributed by atoms with van der Waals surface area (Å²) in [6.07, 6.45) is 0.133. The fourth-order valence-corrected chi connectivity index (χ4v) is 4.92. The second kappa shape index (κ2) is 11.7. The van der Waals surface area contributed by atoms with E-state index in [1.165, 1.54) is 24.1 Å². The zero-order valence-corrected chi connectivity index (χ0v) is 22.4. The minimum atomic E-state index is -3.84. The predicted molar refractivity (Wildman–Crippen MR) is 144 cm³/mol. The van der Waals surface area contributed by atoms with E-state index in [1.54, 1.807) is 60.7 Å². The predicted octanol–water partition coefficient (Wildman–Crippen LogP) is 2.76. The van der Waals surface area contributed by atoms with E-state index in [0.29, 0.717) is 35.8 Å². The molecule has 1 heterocycles. The van der Waals surface area contributed by atoms with Gasteiger partial charge >= 0.3 is 0 Å². The lowest BCUT2D eigenvalue weighted by atomic mass is 10.1. The SMILES string of the molecule is CCOc1ccc(N2C(=O)CC(N(CCc3ccc(S(N)(=O)=O)cc3)C(=O)c3cccc(OC)c3)C2=O)cc1. The number of amides is 3. The van der Waals surface area contributed by atoms with Crippen LogP contribution in [0, 0.1) is 0 Å². The van der Waals surface area contributed by atoms with Crippen molar-refractivity contribution in [3.05, 3.63) is 83.9 Å². The van der Waals surface area contributed by atoms with Crippen LogP contribution in [0.25, 0.3) is 0 Å². The summed E-state index contributed by atoms with van der Waals surface area (Å²) in [6, 6.07) is 18.1. The lowest BCUT2D eigenvalue weighted by molar-refractivity contribution is -0.122. The number of hydrogen-bond donors (Lipinski definition) is 1. The molecular formula is C28H29N3O7S. The first kappa shape index (κ1) is 27.8. The molecule has 0 bridgehead atoms. The third kappa shape index (κ3) is 6.27. The number of anilines is 1. The van der Waals surface area contributed by atoms with Crippen molar-refractivity contribution in [3.63, 3.8) is 0 Å². The Balaban J connectivity index is 1.62. The van der Waals surface area contributed by atoms with E-state index in [-0.39, 0.29) is 17.9 Å². The Labute approximate surface area is 227 Å². The van der Waals surface area contributed by atoms with Crippen LogP contribution in [0.1, 0.15) is 29.3 Å². The first-order valence-corrected chi connectivity index (χ1v) is 13.8. The fourth-order valence-electron chi connectivity index (χ4n) is 4.40. The van der Waals surface area contributed by atoms with Gasteiger partial charge in [-0.05, 0) is 73.5 Å². The van der Waals surface area contributed by atoms with Crippen LogP contribution in [0.15, 0.2) is 77.7 Å². The minimum absolute atomic E-state index is 0.0295. The molecule has 0 radical (unpaired) electrons. The summed E-state index contributed by atoms with van der Waals surface area (Å²) in [6.45, 7) is 2.44. The first-order valence-electron chi connectivity index (χ1n) is 12.3. The highest BCUT2D eigenvalue weighted by molar-refractivity contribution is 7.89. The van der Waals surface area contributed by atoms with Gasteiger partial charge in [-0.15, -0.1) is 0 Å². The third-order valence-electron chi connectivity index (χ3n) is 6.38. The van der Waals surface area contributed by atoms with Gasteiger partial charge in [-0.25, -0.2) is 18.5 Å². The van der Waals surface area contributed by atoms with Crippen molar-refractivity contribution in [1.82, 2.24) is 4.90 Å². The zero-order chi connectivity index (χ0) is 28.2. The van der Waals surface area contributed by atoms with E-state index in [2.05, 4.69) is 0 Å². The Morgan fingerprint density at radius 1 is 1.03 bits per heavy atom. The molecule has 1 unspecified atom stereocenters. The molecule has 3 amide bonds. The number of nitrogens with zero attached hydrogens (tertiary/aromatic N) is 2. The molecule has 10 nitrogen and oxygen atoms in total. The van der Waals surface area contributed by atoms with Crippen molar-refractivity contribution in [2.75, 3.05) is 25.2 Å². The fraction of sp³-hybridized carbons (Fsp3) is 0.250. The van der Waals surface area contributed by atoms with Crippen LogP contribution in [-0.4, -0.2) is 57.3 Å². The van der Waals surface area contributed by atoms with Crippen molar-refractivity contribution < 1.29 is 32.3 Å². The molecule has 1 atom stereocenters. The van der Waals surface area contributed by atoms with E-state index in [4.69, 9.17) is 14.6 Å².